The molecule has 228 valence electrons. The van der Waals surface area contributed by atoms with Crippen molar-refractivity contribution in [3.8, 4) is 5.75 Å². The summed E-state index contributed by atoms with van der Waals surface area (Å²) in [7, 11) is 8.17. The van der Waals surface area contributed by atoms with Crippen molar-refractivity contribution in [1.29, 1.82) is 0 Å². The number of aliphatic hydroxyl groups is 3. The van der Waals surface area contributed by atoms with Crippen LogP contribution in [0.2, 0.25) is 5.02 Å². The van der Waals surface area contributed by atoms with Crippen molar-refractivity contribution in [2.45, 2.75) is 50.4 Å². The Balaban J connectivity index is 1.83. The number of phenolic OH excluding ortho intramolecular Hbond substituents is 1. The molecule has 12 nitrogen and oxygen atoms in total. The zero-order chi connectivity index (χ0) is 31.8. The third-order valence-corrected chi connectivity index (χ3v) is 9.49. The zero-order valence-corrected chi connectivity index (χ0v) is 25.4. The first-order chi connectivity index (χ1) is 19.3. The topological polar surface area (TPSA) is 185 Å². The quantitative estimate of drug-likeness (QED) is 0.294. The Morgan fingerprint density at radius 1 is 1.12 bits per heavy atom. The van der Waals surface area contributed by atoms with Gasteiger partial charge in [0.1, 0.15) is 22.8 Å². The molecule has 0 aromatic heterocycles. The van der Waals surface area contributed by atoms with Crippen LogP contribution >= 0.6 is 11.6 Å². The number of fused-ring (bicyclic) bond motifs is 3. The number of carbonyl (C=O) groups excluding carboxylic acids is 4. The van der Waals surface area contributed by atoms with Crippen LogP contribution in [0.15, 0.2) is 28.7 Å². The number of nitrogens with zero attached hydrogens (tertiary/aromatic N) is 3. The molecule has 4 rings (SSSR count). The second-order valence-corrected chi connectivity index (χ2v) is 12.7. The van der Waals surface area contributed by atoms with Crippen molar-refractivity contribution in [2.24, 2.45) is 17.6 Å². The Morgan fingerprint density at radius 3 is 2.24 bits per heavy atom. The minimum absolute atomic E-state index is 0.0443. The van der Waals surface area contributed by atoms with Gasteiger partial charge in [0.2, 0.25) is 11.7 Å². The number of aliphatic hydroxyl groups excluding tert-OH is 2. The molecule has 13 heteroatoms. The Labute approximate surface area is 248 Å². The average Bonchev–Trinajstić information content (AvgIpc) is 2.87. The Bertz CT molecular complexity index is 1480. The summed E-state index contributed by atoms with van der Waals surface area (Å²) in [6.45, 7) is 3.68. The van der Waals surface area contributed by atoms with Gasteiger partial charge in [0.05, 0.1) is 17.1 Å². The minimum Gasteiger partial charge on any atom is -0.510 e. The number of hydrogen-bond donors (Lipinski definition) is 5. The van der Waals surface area contributed by atoms with Crippen molar-refractivity contribution in [3.63, 3.8) is 0 Å². The lowest BCUT2D eigenvalue weighted by atomic mass is 9.58. The molecular formula is C29H37ClN4O8. The number of Topliss-reactive ketones (excluding diaryl/α,β-unsaturated/α-hetero) is 2. The van der Waals surface area contributed by atoms with Gasteiger partial charge < -0.3 is 31.1 Å². The van der Waals surface area contributed by atoms with E-state index in [0.29, 0.717) is 11.1 Å². The largest absolute Gasteiger partial charge is 0.510 e. The van der Waals surface area contributed by atoms with Crippen LogP contribution in [0.25, 0.3) is 0 Å². The van der Waals surface area contributed by atoms with Crippen molar-refractivity contribution in [3.05, 3.63) is 50.4 Å². The number of benzene rings is 1. The van der Waals surface area contributed by atoms with Gasteiger partial charge in [0.25, 0.3) is 5.91 Å². The number of rotatable bonds is 6. The van der Waals surface area contributed by atoms with E-state index in [4.69, 9.17) is 17.3 Å². The molecule has 3 aliphatic rings. The maximum Gasteiger partial charge on any atom is 0.255 e. The van der Waals surface area contributed by atoms with E-state index in [-0.39, 0.29) is 41.5 Å². The molecule has 6 N–H and O–H groups in total. The van der Waals surface area contributed by atoms with Crippen LogP contribution in [0, 0.1) is 11.8 Å². The fraction of sp³-hybridized carbons (Fsp3) is 0.517. The average molecular weight is 605 g/mol. The molecule has 0 heterocycles. The van der Waals surface area contributed by atoms with Gasteiger partial charge in [0, 0.05) is 37.2 Å². The van der Waals surface area contributed by atoms with E-state index >= 15 is 0 Å². The SMILES string of the molecule is CN(C)C(=O)C(C)(C)N(C)Cc1cc(O)c2c(c1Cl)C[C@H]1C[C@H]3[C@H](N(C)C)C(O)=C(C(N)=O)C(=O)[C@@]3(O)C(O)=C1C2=O. The Kier molecular flexibility index (Phi) is 7.77. The first kappa shape index (κ1) is 31.5. The van der Waals surface area contributed by atoms with E-state index in [2.05, 4.69) is 0 Å². The van der Waals surface area contributed by atoms with Crippen molar-refractivity contribution < 1.29 is 39.6 Å². The van der Waals surface area contributed by atoms with Crippen LogP contribution in [0.1, 0.15) is 41.8 Å². The van der Waals surface area contributed by atoms with E-state index in [1.54, 1.807) is 54.0 Å². The number of aromatic hydroxyl groups is 1. The molecule has 0 saturated carbocycles. The van der Waals surface area contributed by atoms with Crippen LogP contribution in [0.3, 0.4) is 0 Å². The molecule has 0 unspecified atom stereocenters. The van der Waals surface area contributed by atoms with E-state index < -0.39 is 69.3 Å². The van der Waals surface area contributed by atoms with Crippen LogP contribution < -0.4 is 5.73 Å². The molecule has 42 heavy (non-hydrogen) atoms. The molecular weight excluding hydrogens is 568 g/mol. The van der Waals surface area contributed by atoms with Crippen LogP contribution in [0.5, 0.6) is 5.75 Å². The molecule has 0 radical (unpaired) electrons. The molecule has 0 fully saturated rings. The highest BCUT2D eigenvalue weighted by Crippen LogP contribution is 2.53. The number of phenols is 1. The van der Waals surface area contributed by atoms with Crippen LogP contribution in [-0.4, -0.2) is 111 Å². The highest BCUT2D eigenvalue weighted by molar-refractivity contribution is 6.33. The van der Waals surface area contributed by atoms with Crippen molar-refractivity contribution in [2.75, 3.05) is 35.2 Å². The maximum atomic E-state index is 13.8. The van der Waals surface area contributed by atoms with Crippen LogP contribution in [0.4, 0.5) is 0 Å². The summed E-state index contributed by atoms with van der Waals surface area (Å²) >= 11 is 6.84. The van der Waals surface area contributed by atoms with Gasteiger partial charge in [-0.15, -0.1) is 0 Å². The Hall–Kier alpha value is -3.45. The number of nitrogens with two attached hydrogens (primary N) is 1. The summed E-state index contributed by atoms with van der Waals surface area (Å²) < 4.78 is 0. The lowest BCUT2D eigenvalue weighted by Crippen LogP contribution is -2.63. The number of primary amides is 1. The monoisotopic (exact) mass is 604 g/mol. The van der Waals surface area contributed by atoms with Crippen LogP contribution in [-0.2, 0) is 27.3 Å². The minimum atomic E-state index is -2.71. The summed E-state index contributed by atoms with van der Waals surface area (Å²) in [4.78, 5) is 56.8. The second kappa shape index (κ2) is 10.4. The summed E-state index contributed by atoms with van der Waals surface area (Å²) in [5.41, 5.74) is 1.23. The fourth-order valence-corrected chi connectivity index (χ4v) is 6.92. The third kappa shape index (κ3) is 4.39. The molecule has 1 aromatic rings. The smallest absolute Gasteiger partial charge is 0.255 e. The van der Waals surface area contributed by atoms with E-state index in [1.165, 1.54) is 15.9 Å². The first-order valence-electron chi connectivity index (χ1n) is 13.4. The second-order valence-electron chi connectivity index (χ2n) is 12.3. The fourth-order valence-electron chi connectivity index (χ4n) is 6.63. The number of likely N-dealkylation sites (N-methyl/N-ethyl adjacent to an activating group) is 3. The van der Waals surface area contributed by atoms with Gasteiger partial charge in [-0.25, -0.2) is 0 Å². The summed E-state index contributed by atoms with van der Waals surface area (Å²) in [5.74, 6) is -7.41. The van der Waals surface area contributed by atoms with E-state index in [0.717, 1.165) is 0 Å². The summed E-state index contributed by atoms with van der Waals surface area (Å²) in [6, 6.07) is 0.236. The predicted octanol–water partition coefficient (Wildman–Crippen LogP) is 1.07. The first-order valence-corrected chi connectivity index (χ1v) is 13.8. The number of allylic oxidation sites excluding steroid dienone is 1. The molecule has 3 aliphatic carbocycles. The van der Waals surface area contributed by atoms with E-state index in [1.807, 2.05) is 0 Å². The van der Waals surface area contributed by atoms with Gasteiger partial charge >= 0.3 is 0 Å². The maximum absolute atomic E-state index is 13.8. The number of carbonyl (C=O) groups is 4. The van der Waals surface area contributed by atoms with Gasteiger partial charge in [-0.2, -0.15) is 0 Å². The van der Waals surface area contributed by atoms with Crippen molar-refractivity contribution in [1.82, 2.24) is 14.7 Å². The van der Waals surface area contributed by atoms with E-state index in [9.17, 15) is 39.6 Å². The van der Waals surface area contributed by atoms with Gasteiger partial charge in [-0.05, 0) is 70.9 Å². The number of hydrogen-bond acceptors (Lipinski definition) is 10. The molecule has 2 amide bonds. The number of amides is 2. The summed E-state index contributed by atoms with van der Waals surface area (Å²) in [6.07, 6.45) is 0.0237. The molecule has 4 atom stereocenters. The molecule has 0 bridgehead atoms. The predicted molar refractivity (Wildman–Crippen MR) is 153 cm³/mol. The molecule has 0 spiro atoms. The number of ketones is 2. The van der Waals surface area contributed by atoms with Gasteiger partial charge in [0.15, 0.2) is 11.4 Å². The molecule has 0 aliphatic heterocycles. The molecule has 1 aromatic carbocycles. The zero-order valence-electron chi connectivity index (χ0n) is 24.6. The van der Waals surface area contributed by atoms with Gasteiger partial charge in [-0.1, -0.05) is 11.6 Å². The summed E-state index contributed by atoms with van der Waals surface area (Å²) in [5, 5.41) is 45.2. The lowest BCUT2D eigenvalue weighted by molar-refractivity contribution is -0.148. The highest BCUT2D eigenvalue weighted by atomic mass is 35.5. The number of halogens is 1. The molecule has 0 saturated heterocycles. The van der Waals surface area contributed by atoms with Gasteiger partial charge in [-0.3, -0.25) is 29.0 Å². The highest BCUT2D eigenvalue weighted by Gasteiger charge is 2.63. The van der Waals surface area contributed by atoms with Crippen molar-refractivity contribution >= 4 is 35.0 Å². The normalized spacial score (nSPS) is 25.9. The Morgan fingerprint density at radius 2 is 1.71 bits per heavy atom. The lowest BCUT2D eigenvalue weighted by Gasteiger charge is -2.50. The standard InChI is InChI=1S/C29H37ClN4O8/c1-28(2,27(41)33(5)6)34(7)11-13-10-16(35)18-14(20(13)30)8-12-9-15-21(32(3)4)23(37)19(26(31)40)25(39)29(15,42)24(38)17(12)22(18)36/h10,12,15,21,35,37-38,42H,8-9,11H2,1-7H3,(H2,31,40)/t12-,15-,21-,29-/m0/s1. The third-order valence-electron chi connectivity index (χ3n) is 9.02.